The lowest BCUT2D eigenvalue weighted by molar-refractivity contribution is 0.560. The van der Waals surface area contributed by atoms with Gasteiger partial charge >= 0.3 is 5.69 Å². The third-order valence-corrected chi connectivity index (χ3v) is 9.93. The summed E-state index contributed by atoms with van der Waals surface area (Å²) < 4.78 is 38.9. The van der Waals surface area contributed by atoms with E-state index in [9.17, 15) is 18.0 Å². The maximum absolute atomic E-state index is 13.7. The standard InChI is InChI=1S/C25H25N5O5S2/c1-15-8-18-9-16(4-5-20(18)35-15)13-30-23-19(10-21(36-23)37(33,34)27-25(2)6-7-25)22(31)29(24(30)32)14-17-11-26-28(3)12-17/h4-5,8-12,27H,6-7,13-14H2,1-3H3. The van der Waals surface area contributed by atoms with E-state index >= 15 is 0 Å². The fourth-order valence-corrected chi connectivity index (χ4v) is 7.40. The SMILES string of the molecule is Cc1cc2cc(Cn3c(=O)n(Cc4cnn(C)c4)c(=O)c4cc(S(=O)(=O)NC5(C)CC5)sc43)ccc2o1. The van der Waals surface area contributed by atoms with Crippen LogP contribution in [0.4, 0.5) is 0 Å². The molecule has 6 rings (SSSR count). The summed E-state index contributed by atoms with van der Waals surface area (Å²) >= 11 is 0.938. The van der Waals surface area contributed by atoms with Crippen molar-refractivity contribution < 1.29 is 12.8 Å². The molecule has 0 amide bonds. The van der Waals surface area contributed by atoms with E-state index in [-0.39, 0.29) is 22.7 Å². The van der Waals surface area contributed by atoms with Gasteiger partial charge in [0.05, 0.1) is 24.7 Å². The normalized spacial score (nSPS) is 15.1. The number of sulfonamides is 1. The van der Waals surface area contributed by atoms with Crippen LogP contribution in [0.1, 0.15) is 36.7 Å². The number of nitrogens with one attached hydrogen (secondary N) is 1. The second-order valence-electron chi connectivity index (χ2n) is 9.96. The minimum Gasteiger partial charge on any atom is -0.461 e. The molecule has 0 bridgehead atoms. The summed E-state index contributed by atoms with van der Waals surface area (Å²) in [6.07, 6.45) is 4.85. The quantitative estimate of drug-likeness (QED) is 0.340. The highest BCUT2D eigenvalue weighted by Crippen LogP contribution is 2.37. The molecular formula is C25H25N5O5S2. The molecule has 0 radical (unpaired) electrons. The molecule has 12 heteroatoms. The number of hydrogen-bond acceptors (Lipinski definition) is 7. The highest BCUT2D eigenvalue weighted by atomic mass is 32.2. The van der Waals surface area contributed by atoms with Crippen molar-refractivity contribution in [3.05, 3.63) is 80.5 Å². The zero-order chi connectivity index (χ0) is 26.1. The average molecular weight is 540 g/mol. The molecule has 1 N–H and O–H groups in total. The number of aryl methyl sites for hydroxylation is 2. The van der Waals surface area contributed by atoms with Crippen LogP contribution in [0.2, 0.25) is 0 Å². The third kappa shape index (κ3) is 4.34. The van der Waals surface area contributed by atoms with E-state index in [4.69, 9.17) is 4.42 Å². The minimum atomic E-state index is -3.85. The Labute approximate surface area is 215 Å². The number of thiophene rings is 1. The van der Waals surface area contributed by atoms with Crippen LogP contribution in [-0.2, 0) is 30.2 Å². The summed E-state index contributed by atoms with van der Waals surface area (Å²) in [7, 11) is -2.10. The zero-order valence-corrected chi connectivity index (χ0v) is 22.1. The molecule has 5 aromatic rings. The Balaban J connectivity index is 1.52. The van der Waals surface area contributed by atoms with Gasteiger partial charge in [0.2, 0.25) is 0 Å². The highest BCUT2D eigenvalue weighted by molar-refractivity contribution is 7.91. The Hall–Kier alpha value is -3.48. The number of rotatable bonds is 7. The van der Waals surface area contributed by atoms with Crippen molar-refractivity contribution in [2.75, 3.05) is 0 Å². The molecule has 4 heterocycles. The lowest BCUT2D eigenvalue weighted by Gasteiger charge is -2.12. The maximum Gasteiger partial charge on any atom is 0.332 e. The highest BCUT2D eigenvalue weighted by Gasteiger charge is 2.41. The van der Waals surface area contributed by atoms with E-state index in [1.54, 1.807) is 24.1 Å². The summed E-state index contributed by atoms with van der Waals surface area (Å²) in [6, 6.07) is 8.94. The van der Waals surface area contributed by atoms with Crippen LogP contribution in [0, 0.1) is 6.92 Å². The summed E-state index contributed by atoms with van der Waals surface area (Å²) in [5, 5.41) is 5.22. The molecule has 1 aliphatic rings. The van der Waals surface area contributed by atoms with Crippen molar-refractivity contribution in [2.45, 2.75) is 49.5 Å². The predicted octanol–water partition coefficient (Wildman–Crippen LogP) is 2.94. The lowest BCUT2D eigenvalue weighted by atomic mass is 10.1. The van der Waals surface area contributed by atoms with Crippen molar-refractivity contribution >= 4 is 42.5 Å². The van der Waals surface area contributed by atoms with Crippen molar-refractivity contribution in [3.8, 4) is 0 Å². The first kappa shape index (κ1) is 23.9. The van der Waals surface area contributed by atoms with Gasteiger partial charge in [0, 0.05) is 29.7 Å². The van der Waals surface area contributed by atoms with Gasteiger partial charge < -0.3 is 4.42 Å². The molecular weight excluding hydrogens is 514 g/mol. The van der Waals surface area contributed by atoms with Gasteiger partial charge in [-0.15, -0.1) is 11.3 Å². The first-order valence-corrected chi connectivity index (χ1v) is 14.1. The minimum absolute atomic E-state index is 0.0147. The van der Waals surface area contributed by atoms with E-state index in [2.05, 4.69) is 9.82 Å². The summed E-state index contributed by atoms with van der Waals surface area (Å²) in [6.45, 7) is 3.90. The zero-order valence-electron chi connectivity index (χ0n) is 20.5. The molecule has 0 saturated heterocycles. The Morgan fingerprint density at radius 3 is 2.57 bits per heavy atom. The molecule has 0 unspecified atom stereocenters. The van der Waals surface area contributed by atoms with Crippen LogP contribution < -0.4 is 16.0 Å². The molecule has 0 spiro atoms. The molecule has 0 atom stereocenters. The first-order valence-electron chi connectivity index (χ1n) is 11.8. The van der Waals surface area contributed by atoms with Crippen molar-refractivity contribution in [3.63, 3.8) is 0 Å². The number of furan rings is 1. The molecule has 10 nitrogen and oxygen atoms in total. The first-order chi connectivity index (χ1) is 17.5. The van der Waals surface area contributed by atoms with E-state index in [1.807, 2.05) is 38.1 Å². The van der Waals surface area contributed by atoms with Crippen LogP contribution >= 0.6 is 11.3 Å². The number of hydrogen-bond donors (Lipinski definition) is 1. The smallest absolute Gasteiger partial charge is 0.332 e. The van der Waals surface area contributed by atoms with Crippen LogP contribution in [0.5, 0.6) is 0 Å². The van der Waals surface area contributed by atoms with E-state index in [0.717, 1.165) is 51.0 Å². The monoisotopic (exact) mass is 539 g/mol. The van der Waals surface area contributed by atoms with Gasteiger partial charge in [0.25, 0.3) is 15.6 Å². The van der Waals surface area contributed by atoms with Gasteiger partial charge in [-0.1, -0.05) is 6.07 Å². The molecule has 192 valence electrons. The fraction of sp³-hybridized carbons (Fsp3) is 0.320. The fourth-order valence-electron chi connectivity index (χ4n) is 4.50. The molecule has 0 aliphatic heterocycles. The molecule has 1 aromatic carbocycles. The van der Waals surface area contributed by atoms with Crippen molar-refractivity contribution in [1.29, 1.82) is 0 Å². The van der Waals surface area contributed by atoms with Gasteiger partial charge in [-0.3, -0.25) is 18.6 Å². The third-order valence-electron chi connectivity index (χ3n) is 6.66. The van der Waals surface area contributed by atoms with Crippen LogP contribution in [0.25, 0.3) is 21.2 Å². The van der Waals surface area contributed by atoms with E-state index in [0.29, 0.717) is 10.4 Å². The molecule has 37 heavy (non-hydrogen) atoms. The average Bonchev–Trinajstić information content (AvgIpc) is 3.20. The Morgan fingerprint density at radius 1 is 1.11 bits per heavy atom. The molecule has 4 aromatic heterocycles. The van der Waals surface area contributed by atoms with Crippen molar-refractivity contribution in [1.82, 2.24) is 23.6 Å². The lowest BCUT2D eigenvalue weighted by Crippen LogP contribution is -2.40. The number of fused-ring (bicyclic) bond motifs is 2. The Kier molecular flexibility index (Phi) is 5.34. The Morgan fingerprint density at radius 2 is 1.86 bits per heavy atom. The molecule has 1 saturated carbocycles. The van der Waals surface area contributed by atoms with Gasteiger partial charge in [-0.25, -0.2) is 17.9 Å². The number of nitrogens with zero attached hydrogens (tertiary/aromatic N) is 4. The second kappa shape index (κ2) is 8.27. The summed E-state index contributed by atoms with van der Waals surface area (Å²) in [4.78, 5) is 27.5. The largest absolute Gasteiger partial charge is 0.461 e. The van der Waals surface area contributed by atoms with Gasteiger partial charge in [0.15, 0.2) is 0 Å². The summed E-state index contributed by atoms with van der Waals surface area (Å²) in [5.41, 5.74) is 0.741. The maximum atomic E-state index is 13.7. The van der Waals surface area contributed by atoms with Crippen LogP contribution in [0.3, 0.4) is 0 Å². The van der Waals surface area contributed by atoms with E-state index < -0.39 is 26.8 Å². The van der Waals surface area contributed by atoms with Crippen molar-refractivity contribution in [2.24, 2.45) is 7.05 Å². The van der Waals surface area contributed by atoms with Crippen LogP contribution in [-0.4, -0.2) is 32.9 Å². The number of benzene rings is 1. The Bertz CT molecular complexity index is 1920. The summed E-state index contributed by atoms with van der Waals surface area (Å²) in [5.74, 6) is 0.779. The second-order valence-corrected chi connectivity index (χ2v) is 12.9. The van der Waals surface area contributed by atoms with Gasteiger partial charge in [-0.05, 0) is 56.5 Å². The topological polar surface area (TPSA) is 121 Å². The van der Waals surface area contributed by atoms with Gasteiger partial charge in [0.1, 0.15) is 20.4 Å². The molecule has 1 aliphatic carbocycles. The van der Waals surface area contributed by atoms with Gasteiger partial charge in [-0.2, -0.15) is 5.10 Å². The van der Waals surface area contributed by atoms with E-state index in [1.165, 1.54) is 10.6 Å². The number of aromatic nitrogens is 4. The van der Waals surface area contributed by atoms with Crippen LogP contribution in [0.15, 0.2) is 60.9 Å². The predicted molar refractivity (Wildman–Crippen MR) is 141 cm³/mol. The molecule has 1 fully saturated rings.